The van der Waals surface area contributed by atoms with Crippen molar-refractivity contribution in [2.75, 3.05) is 0 Å². The van der Waals surface area contributed by atoms with Gasteiger partial charge in [0.1, 0.15) is 5.82 Å². The number of rotatable bonds is 6. The number of benzene rings is 3. The van der Waals surface area contributed by atoms with Gasteiger partial charge in [0.05, 0.1) is 29.7 Å². The summed E-state index contributed by atoms with van der Waals surface area (Å²) in [5, 5.41) is 2.77. The normalized spacial score (nSPS) is 12.7. The van der Waals surface area contributed by atoms with Crippen molar-refractivity contribution in [1.82, 2.24) is 19.8 Å². The summed E-state index contributed by atoms with van der Waals surface area (Å²) in [6.07, 6.45) is 4.73. The second-order valence-electron chi connectivity index (χ2n) is 7.88. The first kappa shape index (κ1) is 21.3. The SMILES string of the molecule is O=C(NCc1ccc(-n2ccnc2)c(F)c1)c1ccc(CN2C(=O)c3ccccc3C2=O)cc1. The van der Waals surface area contributed by atoms with Crippen molar-refractivity contribution in [3.05, 3.63) is 119 Å². The molecule has 0 bridgehead atoms. The summed E-state index contributed by atoms with van der Waals surface area (Å²) >= 11 is 0. The molecule has 1 aliphatic rings. The molecule has 0 saturated carbocycles. The maximum atomic E-state index is 14.4. The van der Waals surface area contributed by atoms with Crippen LogP contribution in [0.3, 0.4) is 0 Å². The number of nitrogens with zero attached hydrogens (tertiary/aromatic N) is 3. The van der Waals surface area contributed by atoms with E-state index in [1.807, 2.05) is 0 Å². The Bertz CT molecular complexity index is 1360. The van der Waals surface area contributed by atoms with Gasteiger partial charge >= 0.3 is 0 Å². The van der Waals surface area contributed by atoms with Crippen LogP contribution >= 0.6 is 0 Å². The maximum absolute atomic E-state index is 14.4. The van der Waals surface area contributed by atoms with Crippen LogP contribution in [0.1, 0.15) is 42.2 Å². The number of aromatic nitrogens is 2. The fourth-order valence-corrected chi connectivity index (χ4v) is 3.88. The van der Waals surface area contributed by atoms with Crippen LogP contribution in [0.25, 0.3) is 5.69 Å². The van der Waals surface area contributed by atoms with Crippen LogP contribution in [0.2, 0.25) is 0 Å². The highest BCUT2D eigenvalue weighted by molar-refractivity contribution is 6.21. The van der Waals surface area contributed by atoms with Crippen molar-refractivity contribution >= 4 is 17.7 Å². The fourth-order valence-electron chi connectivity index (χ4n) is 3.88. The molecule has 5 rings (SSSR count). The third-order valence-corrected chi connectivity index (χ3v) is 5.68. The smallest absolute Gasteiger partial charge is 0.261 e. The van der Waals surface area contributed by atoms with E-state index in [-0.39, 0.29) is 30.8 Å². The molecular formula is C26H19FN4O3. The van der Waals surface area contributed by atoms with E-state index in [0.29, 0.717) is 27.9 Å². The van der Waals surface area contributed by atoms with Crippen molar-refractivity contribution in [2.45, 2.75) is 13.1 Å². The number of hydrogen-bond donors (Lipinski definition) is 1. The highest BCUT2D eigenvalue weighted by atomic mass is 19.1. The Morgan fingerprint density at radius 1 is 0.912 bits per heavy atom. The summed E-state index contributed by atoms with van der Waals surface area (Å²) in [6.45, 7) is 0.285. The maximum Gasteiger partial charge on any atom is 0.261 e. The van der Waals surface area contributed by atoms with Crippen LogP contribution in [0.4, 0.5) is 4.39 Å². The molecule has 2 heterocycles. The number of halogens is 1. The van der Waals surface area contributed by atoms with Crippen LogP contribution < -0.4 is 5.32 Å². The Balaban J connectivity index is 1.20. The van der Waals surface area contributed by atoms with Gasteiger partial charge in [-0.3, -0.25) is 19.3 Å². The molecule has 0 fully saturated rings. The zero-order valence-corrected chi connectivity index (χ0v) is 17.9. The number of carbonyl (C=O) groups excluding carboxylic acids is 3. The average Bonchev–Trinajstić information content (AvgIpc) is 3.47. The largest absolute Gasteiger partial charge is 0.348 e. The Morgan fingerprint density at radius 2 is 1.59 bits per heavy atom. The van der Waals surface area contributed by atoms with Gasteiger partial charge < -0.3 is 9.88 Å². The molecule has 1 aromatic heterocycles. The number of imide groups is 1. The number of carbonyl (C=O) groups is 3. The molecule has 4 aromatic rings. The van der Waals surface area contributed by atoms with E-state index >= 15 is 0 Å². The Kier molecular flexibility index (Phi) is 5.47. The van der Waals surface area contributed by atoms with Gasteiger partial charge in [0.15, 0.2) is 0 Å². The standard InChI is InChI=1S/C26H19FN4O3/c27-22-13-18(7-10-23(22)30-12-11-28-16-30)14-29-24(32)19-8-5-17(6-9-19)15-31-25(33)20-3-1-2-4-21(20)26(31)34/h1-13,16H,14-15H2,(H,29,32). The summed E-state index contributed by atoms with van der Waals surface area (Å²) in [5.74, 6) is -1.38. The zero-order chi connectivity index (χ0) is 23.7. The summed E-state index contributed by atoms with van der Waals surface area (Å²) in [7, 11) is 0. The number of hydrogen-bond acceptors (Lipinski definition) is 4. The van der Waals surface area contributed by atoms with Gasteiger partial charge in [-0.25, -0.2) is 9.37 Å². The second kappa shape index (κ2) is 8.74. The Labute approximate surface area is 194 Å². The van der Waals surface area contributed by atoms with Gasteiger partial charge in [-0.2, -0.15) is 0 Å². The summed E-state index contributed by atoms with van der Waals surface area (Å²) in [6, 6.07) is 18.2. The van der Waals surface area contributed by atoms with E-state index in [1.165, 1.54) is 17.3 Å². The molecule has 168 valence electrons. The van der Waals surface area contributed by atoms with E-state index < -0.39 is 5.82 Å². The molecule has 1 N–H and O–H groups in total. The van der Waals surface area contributed by atoms with Crippen LogP contribution in [0, 0.1) is 5.82 Å². The molecule has 0 unspecified atom stereocenters. The average molecular weight is 454 g/mol. The van der Waals surface area contributed by atoms with Crippen molar-refractivity contribution in [3.63, 3.8) is 0 Å². The van der Waals surface area contributed by atoms with Crippen molar-refractivity contribution < 1.29 is 18.8 Å². The van der Waals surface area contributed by atoms with Gasteiger partial charge in [-0.1, -0.05) is 30.3 Å². The van der Waals surface area contributed by atoms with Gasteiger partial charge in [0.25, 0.3) is 17.7 Å². The third kappa shape index (κ3) is 3.97. The van der Waals surface area contributed by atoms with Gasteiger partial charge in [-0.05, 0) is 47.5 Å². The summed E-state index contributed by atoms with van der Waals surface area (Å²) in [5.41, 5.74) is 2.94. The molecule has 0 aliphatic carbocycles. The van der Waals surface area contributed by atoms with Gasteiger partial charge in [0.2, 0.25) is 0 Å². The summed E-state index contributed by atoms with van der Waals surface area (Å²) in [4.78, 5) is 42.7. The first-order valence-electron chi connectivity index (χ1n) is 10.6. The Morgan fingerprint density at radius 3 is 2.21 bits per heavy atom. The number of imidazole rings is 1. The molecule has 0 spiro atoms. The molecule has 34 heavy (non-hydrogen) atoms. The lowest BCUT2D eigenvalue weighted by atomic mass is 10.1. The Hall–Kier alpha value is -4.59. The minimum atomic E-state index is -0.415. The lowest BCUT2D eigenvalue weighted by Crippen LogP contribution is -2.29. The summed E-state index contributed by atoms with van der Waals surface area (Å²) < 4.78 is 16.0. The van der Waals surface area contributed by atoms with Crippen LogP contribution in [-0.4, -0.2) is 32.2 Å². The van der Waals surface area contributed by atoms with E-state index in [1.54, 1.807) is 77.6 Å². The molecule has 0 atom stereocenters. The van der Waals surface area contributed by atoms with Crippen LogP contribution in [-0.2, 0) is 13.1 Å². The van der Waals surface area contributed by atoms with Crippen molar-refractivity contribution in [3.8, 4) is 5.69 Å². The predicted molar refractivity (Wildman–Crippen MR) is 122 cm³/mol. The van der Waals surface area contributed by atoms with E-state index in [4.69, 9.17) is 0 Å². The lowest BCUT2D eigenvalue weighted by molar-refractivity contribution is 0.0641. The van der Waals surface area contributed by atoms with E-state index in [0.717, 1.165) is 5.56 Å². The minimum absolute atomic E-state index is 0.122. The van der Waals surface area contributed by atoms with Crippen LogP contribution in [0.5, 0.6) is 0 Å². The molecule has 7 nitrogen and oxygen atoms in total. The fraction of sp³-hybridized carbons (Fsp3) is 0.0769. The second-order valence-corrected chi connectivity index (χ2v) is 7.88. The minimum Gasteiger partial charge on any atom is -0.348 e. The van der Waals surface area contributed by atoms with Crippen molar-refractivity contribution in [1.29, 1.82) is 0 Å². The lowest BCUT2D eigenvalue weighted by Gasteiger charge is -2.14. The molecule has 3 aromatic carbocycles. The first-order valence-corrected chi connectivity index (χ1v) is 10.6. The topological polar surface area (TPSA) is 84.3 Å². The monoisotopic (exact) mass is 454 g/mol. The van der Waals surface area contributed by atoms with E-state index in [9.17, 15) is 18.8 Å². The quantitative estimate of drug-likeness (QED) is 0.450. The van der Waals surface area contributed by atoms with Crippen molar-refractivity contribution in [2.24, 2.45) is 0 Å². The van der Waals surface area contributed by atoms with E-state index in [2.05, 4.69) is 10.3 Å². The molecule has 0 radical (unpaired) electrons. The molecule has 3 amide bonds. The number of fused-ring (bicyclic) bond motifs is 1. The van der Waals surface area contributed by atoms with Gasteiger partial charge in [-0.15, -0.1) is 0 Å². The highest BCUT2D eigenvalue weighted by Crippen LogP contribution is 2.24. The molecule has 0 saturated heterocycles. The molecule has 1 aliphatic heterocycles. The first-order chi connectivity index (χ1) is 16.5. The number of amides is 3. The third-order valence-electron chi connectivity index (χ3n) is 5.68. The van der Waals surface area contributed by atoms with Crippen LogP contribution in [0.15, 0.2) is 85.5 Å². The zero-order valence-electron chi connectivity index (χ0n) is 17.9. The predicted octanol–water partition coefficient (Wildman–Crippen LogP) is 3.74. The highest BCUT2D eigenvalue weighted by Gasteiger charge is 2.34. The molecular weight excluding hydrogens is 435 g/mol. The van der Waals surface area contributed by atoms with Gasteiger partial charge in [0, 0.05) is 24.5 Å². The molecule has 8 heteroatoms. The number of nitrogens with one attached hydrogen (secondary N) is 1.